The summed E-state index contributed by atoms with van der Waals surface area (Å²) in [5.41, 5.74) is 0.600. The van der Waals surface area contributed by atoms with Crippen LogP contribution in [0.3, 0.4) is 0 Å². The van der Waals surface area contributed by atoms with E-state index in [0.717, 1.165) is 4.90 Å². The topological polar surface area (TPSA) is 120 Å². The Labute approximate surface area is 142 Å². The van der Waals surface area contributed by atoms with Gasteiger partial charge in [0.05, 0.1) is 23.4 Å². The third-order valence-electron chi connectivity index (χ3n) is 3.32. The van der Waals surface area contributed by atoms with Crippen molar-refractivity contribution in [2.75, 3.05) is 11.9 Å². The fourth-order valence-corrected chi connectivity index (χ4v) is 3.18. The van der Waals surface area contributed by atoms with Crippen LogP contribution in [0.25, 0.3) is 0 Å². The van der Waals surface area contributed by atoms with E-state index in [4.69, 9.17) is 15.4 Å². The fraction of sp³-hybridized carbons (Fsp3) is 0.312. The molecule has 7 nitrogen and oxygen atoms in total. The minimum absolute atomic E-state index is 0.0997. The van der Waals surface area contributed by atoms with Crippen molar-refractivity contribution in [2.24, 2.45) is 5.92 Å². The Morgan fingerprint density at radius 2 is 2.17 bits per heavy atom. The number of benzene rings is 1. The summed E-state index contributed by atoms with van der Waals surface area (Å²) in [7, 11) is 0. The summed E-state index contributed by atoms with van der Waals surface area (Å²) in [6, 6.07) is 8.94. The van der Waals surface area contributed by atoms with E-state index in [9.17, 15) is 14.4 Å². The zero-order chi connectivity index (χ0) is 17.7. The van der Waals surface area contributed by atoms with E-state index in [2.05, 4.69) is 5.32 Å². The molecule has 8 heteroatoms. The predicted octanol–water partition coefficient (Wildman–Crippen LogP) is 1.78. The molecule has 0 aromatic heterocycles. The second-order valence-corrected chi connectivity index (χ2v) is 6.41. The quantitative estimate of drug-likeness (QED) is 0.599. The van der Waals surface area contributed by atoms with Gasteiger partial charge in [0, 0.05) is 10.6 Å². The lowest BCUT2D eigenvalue weighted by Gasteiger charge is -2.23. The number of Topliss-reactive ketones (excluding diaryl/α,β-unsaturated/α-hetero) is 1. The van der Waals surface area contributed by atoms with E-state index in [1.165, 1.54) is 18.7 Å². The number of para-hydroxylation sites is 1. The zero-order valence-corrected chi connectivity index (χ0v) is 13.7. The van der Waals surface area contributed by atoms with E-state index >= 15 is 0 Å². The van der Waals surface area contributed by atoms with Crippen molar-refractivity contribution >= 4 is 40.8 Å². The van der Waals surface area contributed by atoms with Crippen molar-refractivity contribution in [3.8, 4) is 6.07 Å². The Hall–Kier alpha value is -2.66. The third kappa shape index (κ3) is 4.20. The number of hydrogen-bond acceptors (Lipinski definition) is 7. The summed E-state index contributed by atoms with van der Waals surface area (Å²) in [4.78, 5) is 36.4. The van der Waals surface area contributed by atoms with Gasteiger partial charge in [0.15, 0.2) is 12.4 Å². The molecule has 1 aliphatic rings. The van der Waals surface area contributed by atoms with Gasteiger partial charge in [0.2, 0.25) is 5.91 Å². The van der Waals surface area contributed by atoms with E-state index in [0.29, 0.717) is 5.69 Å². The van der Waals surface area contributed by atoms with Crippen LogP contribution in [0.15, 0.2) is 29.2 Å². The molecule has 1 aliphatic heterocycles. The van der Waals surface area contributed by atoms with Crippen molar-refractivity contribution < 1.29 is 19.1 Å². The minimum Gasteiger partial charge on any atom is -0.458 e. The first kappa shape index (κ1) is 17.7. The summed E-state index contributed by atoms with van der Waals surface area (Å²) in [6.07, 6.45) is -0.182. The smallest absolute Gasteiger partial charge is 0.307 e. The number of esters is 1. The lowest BCUT2D eigenvalue weighted by atomic mass is 10.0. The highest BCUT2D eigenvalue weighted by Crippen LogP contribution is 2.36. The highest BCUT2D eigenvalue weighted by Gasteiger charge is 2.30. The van der Waals surface area contributed by atoms with E-state index < -0.39 is 29.5 Å². The van der Waals surface area contributed by atoms with Gasteiger partial charge in [-0.05, 0) is 19.1 Å². The second-order valence-electron chi connectivity index (χ2n) is 5.17. The Bertz CT molecular complexity index is 741. The lowest BCUT2D eigenvalue weighted by molar-refractivity contribution is -0.148. The average Bonchev–Trinajstić information content (AvgIpc) is 2.54. The predicted molar refractivity (Wildman–Crippen MR) is 87.8 cm³/mol. The average molecular weight is 345 g/mol. The number of amides is 1. The third-order valence-corrected chi connectivity index (χ3v) is 4.59. The van der Waals surface area contributed by atoms with Gasteiger partial charge < -0.3 is 15.5 Å². The number of anilines is 1. The number of thioether (sulfide) groups is 1. The summed E-state index contributed by atoms with van der Waals surface area (Å²) in [5.74, 6) is -2.86. The molecule has 0 radical (unpaired) electrons. The van der Waals surface area contributed by atoms with Gasteiger partial charge in [-0.25, -0.2) is 0 Å². The SMILES string of the molecule is CC(=N)C(C#N)C(=O)COC(=O)C[C@H]1Sc2ccccc2NC1=O. The van der Waals surface area contributed by atoms with Crippen LogP contribution in [0.5, 0.6) is 0 Å². The van der Waals surface area contributed by atoms with Crippen molar-refractivity contribution in [1.29, 1.82) is 10.7 Å². The van der Waals surface area contributed by atoms with Gasteiger partial charge in [-0.2, -0.15) is 5.26 Å². The normalized spacial score (nSPS) is 17.0. The van der Waals surface area contributed by atoms with Gasteiger partial charge in [0.25, 0.3) is 0 Å². The molecule has 0 spiro atoms. The zero-order valence-electron chi connectivity index (χ0n) is 12.9. The van der Waals surface area contributed by atoms with Crippen LogP contribution >= 0.6 is 11.8 Å². The number of carbonyl (C=O) groups excluding carboxylic acids is 3. The standard InChI is InChI=1S/C16H15N3O4S/c1-9(18)10(7-17)12(20)8-23-15(21)6-14-16(22)19-11-4-2-3-5-13(11)24-14/h2-5,10,14,18H,6,8H2,1H3,(H,19,22)/t10?,14-/m1/s1. The first-order valence-corrected chi connectivity index (χ1v) is 8.00. The number of nitrogens with zero attached hydrogens (tertiary/aromatic N) is 1. The second kappa shape index (κ2) is 7.75. The molecular formula is C16H15N3O4S. The number of nitrogens with one attached hydrogen (secondary N) is 2. The van der Waals surface area contributed by atoms with E-state index in [1.54, 1.807) is 18.2 Å². The summed E-state index contributed by atoms with van der Waals surface area (Å²) in [5, 5.41) is 18.2. The molecule has 1 heterocycles. The molecule has 1 amide bonds. The van der Waals surface area contributed by atoms with Crippen molar-refractivity contribution in [1.82, 2.24) is 0 Å². The molecule has 2 rings (SSSR count). The summed E-state index contributed by atoms with van der Waals surface area (Å²) >= 11 is 1.26. The number of ether oxygens (including phenoxy) is 1. The molecule has 0 bridgehead atoms. The fourth-order valence-electron chi connectivity index (χ4n) is 2.08. The number of ketones is 1. The highest BCUT2D eigenvalue weighted by atomic mass is 32.2. The van der Waals surface area contributed by atoms with Crippen LogP contribution in [-0.2, 0) is 19.1 Å². The van der Waals surface area contributed by atoms with Gasteiger partial charge in [-0.3, -0.25) is 14.4 Å². The first-order chi connectivity index (χ1) is 11.4. The van der Waals surface area contributed by atoms with Crippen LogP contribution in [0.2, 0.25) is 0 Å². The molecule has 0 aliphatic carbocycles. The maximum atomic E-state index is 12.0. The van der Waals surface area contributed by atoms with Gasteiger partial charge in [-0.15, -0.1) is 11.8 Å². The molecule has 1 unspecified atom stereocenters. The number of nitriles is 1. The molecule has 1 aromatic rings. The van der Waals surface area contributed by atoms with Crippen LogP contribution in [0.4, 0.5) is 5.69 Å². The van der Waals surface area contributed by atoms with Crippen LogP contribution in [0.1, 0.15) is 13.3 Å². The van der Waals surface area contributed by atoms with Crippen LogP contribution < -0.4 is 5.32 Å². The molecular weight excluding hydrogens is 330 g/mol. The highest BCUT2D eigenvalue weighted by molar-refractivity contribution is 8.01. The molecule has 0 saturated carbocycles. The largest absolute Gasteiger partial charge is 0.458 e. The van der Waals surface area contributed by atoms with Crippen molar-refractivity contribution in [3.05, 3.63) is 24.3 Å². The van der Waals surface area contributed by atoms with Crippen molar-refractivity contribution in [2.45, 2.75) is 23.5 Å². The number of rotatable bonds is 6. The molecule has 0 saturated heterocycles. The molecule has 2 N–H and O–H groups in total. The van der Waals surface area contributed by atoms with Gasteiger partial charge >= 0.3 is 5.97 Å². The summed E-state index contributed by atoms with van der Waals surface area (Å²) in [6.45, 7) is 0.761. The number of hydrogen-bond donors (Lipinski definition) is 2. The monoisotopic (exact) mass is 345 g/mol. The Morgan fingerprint density at radius 3 is 2.83 bits per heavy atom. The van der Waals surface area contributed by atoms with E-state index in [-0.39, 0.29) is 18.0 Å². The minimum atomic E-state index is -1.21. The number of fused-ring (bicyclic) bond motifs is 1. The summed E-state index contributed by atoms with van der Waals surface area (Å²) < 4.78 is 4.85. The van der Waals surface area contributed by atoms with Crippen LogP contribution in [0, 0.1) is 22.7 Å². The molecule has 1 aromatic carbocycles. The lowest BCUT2D eigenvalue weighted by Crippen LogP contribution is -2.32. The first-order valence-electron chi connectivity index (χ1n) is 7.12. The van der Waals surface area contributed by atoms with Crippen molar-refractivity contribution in [3.63, 3.8) is 0 Å². The number of carbonyl (C=O) groups is 3. The van der Waals surface area contributed by atoms with Crippen LogP contribution in [-0.4, -0.2) is 35.2 Å². The van der Waals surface area contributed by atoms with E-state index in [1.807, 2.05) is 12.1 Å². The Balaban J connectivity index is 1.89. The maximum absolute atomic E-state index is 12.0. The molecule has 24 heavy (non-hydrogen) atoms. The van der Waals surface area contributed by atoms with Gasteiger partial charge in [0.1, 0.15) is 5.92 Å². The molecule has 0 fully saturated rings. The van der Waals surface area contributed by atoms with Gasteiger partial charge in [-0.1, -0.05) is 12.1 Å². The molecule has 124 valence electrons. The Morgan fingerprint density at radius 1 is 1.46 bits per heavy atom. The molecule has 2 atom stereocenters. The Kier molecular flexibility index (Phi) is 5.71. The maximum Gasteiger partial charge on any atom is 0.307 e.